The highest BCUT2D eigenvalue weighted by Gasteiger charge is 2.22. The van der Waals surface area contributed by atoms with E-state index in [0.29, 0.717) is 37.0 Å². The van der Waals surface area contributed by atoms with Gasteiger partial charge in [-0.1, -0.05) is 42.5 Å². The molecule has 2 amide bonds. The molecule has 172 valence electrons. The number of rotatable bonds is 7. The fourth-order valence-electron chi connectivity index (χ4n) is 4.53. The van der Waals surface area contributed by atoms with Crippen molar-refractivity contribution in [3.8, 4) is 11.3 Å². The lowest BCUT2D eigenvalue weighted by Gasteiger charge is -2.28. The van der Waals surface area contributed by atoms with Crippen molar-refractivity contribution in [2.45, 2.75) is 32.2 Å². The largest absolute Gasteiger partial charge is 0.465 e. The third kappa shape index (κ3) is 5.68. The summed E-state index contributed by atoms with van der Waals surface area (Å²) in [5.41, 5.74) is 9.87. The molecule has 0 spiro atoms. The fourth-order valence-corrected chi connectivity index (χ4v) is 4.53. The first-order valence-electron chi connectivity index (χ1n) is 11.5. The first-order chi connectivity index (χ1) is 16.0. The van der Waals surface area contributed by atoms with Crippen LogP contribution in [0.1, 0.15) is 41.6 Å². The monoisotopic (exact) mass is 446 g/mol. The summed E-state index contributed by atoms with van der Waals surface area (Å²) < 4.78 is 0. The van der Waals surface area contributed by atoms with E-state index in [-0.39, 0.29) is 5.91 Å². The van der Waals surface area contributed by atoms with Gasteiger partial charge in [0.05, 0.1) is 16.8 Å². The van der Waals surface area contributed by atoms with Crippen LogP contribution in [0.15, 0.2) is 54.6 Å². The number of fused-ring (bicyclic) bond motifs is 1. The van der Waals surface area contributed by atoms with E-state index in [4.69, 9.17) is 15.8 Å². The van der Waals surface area contributed by atoms with E-state index in [1.54, 1.807) is 0 Å². The Kier molecular flexibility index (Phi) is 7.19. The zero-order valence-electron chi connectivity index (χ0n) is 18.6. The molecular formula is C26H30N4O3. The first-order valence-corrected chi connectivity index (χ1v) is 11.5. The summed E-state index contributed by atoms with van der Waals surface area (Å²) in [5, 5.41) is 15.2. The Morgan fingerprint density at radius 2 is 1.58 bits per heavy atom. The van der Waals surface area contributed by atoms with E-state index in [9.17, 15) is 9.59 Å². The van der Waals surface area contributed by atoms with E-state index < -0.39 is 6.09 Å². The lowest BCUT2D eigenvalue weighted by atomic mass is 9.82. The van der Waals surface area contributed by atoms with Crippen molar-refractivity contribution in [3.05, 3.63) is 65.7 Å². The molecule has 1 aliphatic carbocycles. The average Bonchev–Trinajstić information content (AvgIpc) is 2.86. The molecule has 1 saturated carbocycles. The van der Waals surface area contributed by atoms with Gasteiger partial charge in [0.2, 0.25) is 0 Å². The van der Waals surface area contributed by atoms with Crippen LogP contribution >= 0.6 is 0 Å². The van der Waals surface area contributed by atoms with Gasteiger partial charge in [0.15, 0.2) is 0 Å². The van der Waals surface area contributed by atoms with Crippen LogP contribution in [0.25, 0.3) is 22.2 Å². The Balaban J connectivity index is 1.46. The number of hydrogen-bond acceptors (Lipinski definition) is 4. The normalized spacial score (nSPS) is 18.1. The number of carbonyl (C=O) groups excluding carboxylic acids is 1. The minimum atomic E-state index is -0.969. The summed E-state index contributed by atoms with van der Waals surface area (Å²) in [4.78, 5) is 28.7. The van der Waals surface area contributed by atoms with Crippen LogP contribution in [-0.2, 0) is 6.54 Å². The molecule has 7 heteroatoms. The number of hydrogen-bond donors (Lipinski definition) is 4. The van der Waals surface area contributed by atoms with Crippen LogP contribution in [0.5, 0.6) is 0 Å². The number of nitrogens with zero attached hydrogens (tertiary/aromatic N) is 1. The topological polar surface area (TPSA) is 117 Å². The number of nitrogens with two attached hydrogens (primary N) is 1. The molecule has 0 bridgehead atoms. The molecule has 1 aromatic heterocycles. The molecule has 1 heterocycles. The Bertz CT molecular complexity index is 1120. The van der Waals surface area contributed by atoms with Gasteiger partial charge in [-0.15, -0.1) is 0 Å². The maximum absolute atomic E-state index is 13.2. The minimum Gasteiger partial charge on any atom is -0.465 e. The molecule has 1 fully saturated rings. The summed E-state index contributed by atoms with van der Waals surface area (Å²) in [7, 11) is 0. The van der Waals surface area contributed by atoms with Gasteiger partial charge in [0, 0.05) is 30.6 Å². The summed E-state index contributed by atoms with van der Waals surface area (Å²) in [6.07, 6.45) is 2.96. The molecule has 4 rings (SSSR count). The van der Waals surface area contributed by atoms with Crippen molar-refractivity contribution in [3.63, 3.8) is 0 Å². The van der Waals surface area contributed by atoms with Crippen LogP contribution in [-0.4, -0.2) is 35.2 Å². The summed E-state index contributed by atoms with van der Waals surface area (Å²) >= 11 is 0. The van der Waals surface area contributed by atoms with Gasteiger partial charge in [-0.3, -0.25) is 4.79 Å². The van der Waals surface area contributed by atoms with Crippen molar-refractivity contribution < 1.29 is 14.7 Å². The number of benzene rings is 2. The summed E-state index contributed by atoms with van der Waals surface area (Å²) in [5.74, 6) is 0.694. The number of carbonyl (C=O) groups is 2. The third-order valence-corrected chi connectivity index (χ3v) is 6.51. The lowest BCUT2D eigenvalue weighted by Crippen LogP contribution is -2.34. The van der Waals surface area contributed by atoms with Crippen molar-refractivity contribution in [2.24, 2.45) is 17.6 Å². The Morgan fingerprint density at radius 3 is 2.21 bits per heavy atom. The maximum Gasteiger partial charge on any atom is 0.404 e. The Morgan fingerprint density at radius 1 is 0.939 bits per heavy atom. The van der Waals surface area contributed by atoms with Crippen LogP contribution in [0, 0.1) is 11.8 Å². The minimum absolute atomic E-state index is 0.0944. The van der Waals surface area contributed by atoms with Crippen molar-refractivity contribution in [1.82, 2.24) is 15.6 Å². The van der Waals surface area contributed by atoms with Gasteiger partial charge < -0.3 is 21.5 Å². The van der Waals surface area contributed by atoms with Gasteiger partial charge >= 0.3 is 6.09 Å². The number of aromatic nitrogens is 1. The molecule has 0 unspecified atom stereocenters. The van der Waals surface area contributed by atoms with Crippen molar-refractivity contribution in [1.29, 1.82) is 0 Å². The second-order valence-electron chi connectivity index (χ2n) is 8.76. The van der Waals surface area contributed by atoms with Crippen LogP contribution in [0.4, 0.5) is 4.79 Å². The lowest BCUT2D eigenvalue weighted by molar-refractivity contribution is 0.0942. The van der Waals surface area contributed by atoms with Gasteiger partial charge in [0.25, 0.3) is 5.91 Å². The fraction of sp³-hybridized carbons (Fsp3) is 0.346. The number of nitrogens with one attached hydrogen (secondary N) is 2. The first kappa shape index (κ1) is 22.7. The smallest absolute Gasteiger partial charge is 0.404 e. The van der Waals surface area contributed by atoms with Gasteiger partial charge in [0.1, 0.15) is 0 Å². The summed E-state index contributed by atoms with van der Waals surface area (Å²) in [6.45, 7) is 1.61. The van der Waals surface area contributed by atoms with Gasteiger partial charge in [-0.25, -0.2) is 9.78 Å². The summed E-state index contributed by atoms with van der Waals surface area (Å²) in [6, 6.07) is 17.5. The molecule has 5 N–H and O–H groups in total. The van der Waals surface area contributed by atoms with Crippen molar-refractivity contribution >= 4 is 22.9 Å². The Hall–Kier alpha value is -3.45. The maximum atomic E-state index is 13.2. The molecular weight excluding hydrogens is 416 g/mol. The Labute approximate surface area is 193 Å². The number of para-hydroxylation sites is 1. The SMILES string of the molecule is NCc1ccc(-c2cc(C(=O)NC[C@H]3CC[C@H](CNC(=O)O)CC3)c3ccccc3n2)cc1. The molecule has 0 saturated heterocycles. The van der Waals surface area contributed by atoms with E-state index >= 15 is 0 Å². The van der Waals surface area contributed by atoms with E-state index in [1.165, 1.54) is 0 Å². The second kappa shape index (κ2) is 10.4. The van der Waals surface area contributed by atoms with Crippen LogP contribution in [0.3, 0.4) is 0 Å². The van der Waals surface area contributed by atoms with Crippen LogP contribution in [0.2, 0.25) is 0 Å². The molecule has 33 heavy (non-hydrogen) atoms. The highest BCUT2D eigenvalue weighted by atomic mass is 16.4. The predicted molar refractivity (Wildman–Crippen MR) is 129 cm³/mol. The van der Waals surface area contributed by atoms with E-state index in [0.717, 1.165) is 53.4 Å². The van der Waals surface area contributed by atoms with Gasteiger partial charge in [-0.2, -0.15) is 0 Å². The average molecular weight is 447 g/mol. The zero-order valence-corrected chi connectivity index (χ0v) is 18.6. The molecule has 0 aliphatic heterocycles. The molecule has 1 aliphatic rings. The zero-order chi connectivity index (χ0) is 23.2. The highest BCUT2D eigenvalue weighted by Crippen LogP contribution is 2.29. The number of amides is 2. The quantitative estimate of drug-likeness (QED) is 0.435. The molecule has 0 atom stereocenters. The molecule has 0 radical (unpaired) electrons. The van der Waals surface area contributed by atoms with Crippen molar-refractivity contribution in [2.75, 3.05) is 13.1 Å². The number of carboxylic acid groups (broad SMARTS) is 1. The highest BCUT2D eigenvalue weighted by molar-refractivity contribution is 6.07. The van der Waals surface area contributed by atoms with E-state index in [1.807, 2.05) is 54.6 Å². The molecule has 3 aromatic rings. The molecule has 7 nitrogen and oxygen atoms in total. The number of pyridine rings is 1. The van der Waals surface area contributed by atoms with E-state index in [2.05, 4.69) is 10.6 Å². The van der Waals surface area contributed by atoms with Crippen LogP contribution < -0.4 is 16.4 Å². The molecule has 2 aromatic carbocycles. The third-order valence-electron chi connectivity index (χ3n) is 6.51. The predicted octanol–water partition coefficient (Wildman–Crippen LogP) is 4.16. The van der Waals surface area contributed by atoms with Gasteiger partial charge in [-0.05, 0) is 55.2 Å². The second-order valence-corrected chi connectivity index (χ2v) is 8.76. The standard InChI is InChI=1S/C26H30N4O3/c27-14-17-9-11-20(12-10-17)24-13-22(21-3-1-2-4-23(21)30-24)25(31)28-15-18-5-7-19(8-6-18)16-29-26(32)33/h1-4,9-13,18-19,29H,5-8,14-16,27H2,(H,28,31)(H,32,33)/t18-,19-.